The molecule has 0 atom stereocenters. The summed E-state index contributed by atoms with van der Waals surface area (Å²) >= 11 is 1.60. The number of aliphatic hydroxyl groups excluding tert-OH is 1. The number of hydrogen-bond acceptors (Lipinski definition) is 4. The Morgan fingerprint density at radius 3 is 2.33 bits per heavy atom. The molecule has 1 spiro atoms. The maximum atomic E-state index is 13.6. The maximum Gasteiger partial charge on any atom is 0.416 e. The highest BCUT2D eigenvalue weighted by molar-refractivity contribution is 7.99. The monoisotopic (exact) mass is 476 g/mol. The molecule has 2 aromatic carbocycles. The van der Waals surface area contributed by atoms with Gasteiger partial charge in [0, 0.05) is 60.6 Å². The lowest BCUT2D eigenvalue weighted by Crippen LogP contribution is -2.52. The van der Waals surface area contributed by atoms with E-state index in [1.165, 1.54) is 22.6 Å². The lowest BCUT2D eigenvalue weighted by Gasteiger charge is -2.48. The molecule has 33 heavy (non-hydrogen) atoms. The molecule has 1 saturated carbocycles. The van der Waals surface area contributed by atoms with Crippen LogP contribution in [-0.2, 0) is 11.6 Å². The van der Waals surface area contributed by atoms with E-state index in [2.05, 4.69) is 21.9 Å². The summed E-state index contributed by atoms with van der Waals surface area (Å²) in [5.41, 5.74) is 1.20. The number of rotatable bonds is 4. The molecule has 0 aromatic heterocycles. The quantitative estimate of drug-likeness (QED) is 0.639. The van der Waals surface area contributed by atoms with Crippen LogP contribution >= 0.6 is 11.8 Å². The third-order valence-electron chi connectivity index (χ3n) is 7.81. The zero-order valence-corrected chi connectivity index (χ0v) is 19.6. The number of hydrogen-bond donors (Lipinski definition) is 1. The van der Waals surface area contributed by atoms with Crippen LogP contribution in [0.25, 0.3) is 0 Å². The first-order valence-electron chi connectivity index (χ1n) is 12.0. The molecule has 1 N–H and O–H groups in total. The minimum Gasteiger partial charge on any atom is -0.396 e. The molecule has 2 heterocycles. The normalized spacial score (nSPS) is 26.2. The maximum absolute atomic E-state index is 13.6. The SMILES string of the molecule is OCCCN1CCN(C2CCC3(CC2)c2ccccc2Sc2ccc(C(F)(F)F)cc23)CC1. The molecule has 178 valence electrons. The number of aliphatic hydroxyl groups is 1. The van der Waals surface area contributed by atoms with E-state index in [-0.39, 0.29) is 12.0 Å². The fraction of sp³-hybridized carbons (Fsp3) is 0.538. The van der Waals surface area contributed by atoms with Crippen LogP contribution in [0.4, 0.5) is 13.2 Å². The van der Waals surface area contributed by atoms with E-state index in [1.54, 1.807) is 17.8 Å². The summed E-state index contributed by atoms with van der Waals surface area (Å²) in [5, 5.41) is 9.07. The van der Waals surface area contributed by atoms with Gasteiger partial charge in [0.05, 0.1) is 5.56 Å². The Bertz CT molecular complexity index is 980. The van der Waals surface area contributed by atoms with E-state index in [0.29, 0.717) is 6.04 Å². The van der Waals surface area contributed by atoms with E-state index in [0.717, 1.165) is 75.3 Å². The molecular formula is C26H31F3N2OS. The molecule has 1 aliphatic carbocycles. The topological polar surface area (TPSA) is 26.7 Å². The van der Waals surface area contributed by atoms with Gasteiger partial charge < -0.3 is 10.0 Å². The van der Waals surface area contributed by atoms with Gasteiger partial charge in [0.1, 0.15) is 0 Å². The Labute approximate surface area is 198 Å². The van der Waals surface area contributed by atoms with Crippen molar-refractivity contribution in [1.82, 2.24) is 9.80 Å². The van der Waals surface area contributed by atoms with Crippen molar-refractivity contribution in [2.45, 2.75) is 59.5 Å². The van der Waals surface area contributed by atoms with Gasteiger partial charge >= 0.3 is 6.18 Å². The van der Waals surface area contributed by atoms with E-state index in [9.17, 15) is 13.2 Å². The summed E-state index contributed by atoms with van der Waals surface area (Å²) in [6.07, 6.45) is 0.270. The largest absolute Gasteiger partial charge is 0.416 e. The number of fused-ring (bicyclic) bond motifs is 4. The predicted molar refractivity (Wildman–Crippen MR) is 125 cm³/mol. The third kappa shape index (κ3) is 4.45. The Hall–Kier alpha value is -1.54. The van der Waals surface area contributed by atoms with Gasteiger partial charge in [-0.25, -0.2) is 0 Å². The third-order valence-corrected chi connectivity index (χ3v) is 8.96. The molecule has 2 aliphatic heterocycles. The zero-order valence-electron chi connectivity index (χ0n) is 18.8. The Kier molecular flexibility index (Phi) is 6.51. The van der Waals surface area contributed by atoms with Crippen LogP contribution < -0.4 is 0 Å². The van der Waals surface area contributed by atoms with Crippen LogP contribution in [0.5, 0.6) is 0 Å². The molecule has 0 radical (unpaired) electrons. The standard InChI is InChI=1S/C26H31F3N2OS/c27-26(28,29)19-6-7-24-22(18-19)25(21-4-1-2-5-23(21)33-24)10-8-20(9-11-25)31-15-13-30(14-16-31)12-3-17-32/h1-2,4-7,18,20,32H,3,8-17H2. The van der Waals surface area contributed by atoms with Crippen molar-refractivity contribution in [2.75, 3.05) is 39.3 Å². The molecule has 7 heteroatoms. The molecule has 0 unspecified atom stereocenters. The van der Waals surface area contributed by atoms with E-state index in [4.69, 9.17) is 5.11 Å². The molecule has 5 rings (SSSR count). The summed E-state index contributed by atoms with van der Waals surface area (Å²) in [6.45, 7) is 5.31. The van der Waals surface area contributed by atoms with Crippen molar-refractivity contribution in [1.29, 1.82) is 0 Å². The Morgan fingerprint density at radius 2 is 1.64 bits per heavy atom. The lowest BCUT2D eigenvalue weighted by atomic mass is 9.63. The first-order chi connectivity index (χ1) is 15.9. The van der Waals surface area contributed by atoms with Crippen molar-refractivity contribution >= 4 is 11.8 Å². The second-order valence-electron chi connectivity index (χ2n) is 9.57. The summed E-state index contributed by atoms with van der Waals surface area (Å²) in [6, 6.07) is 13.1. The fourth-order valence-corrected chi connectivity index (χ4v) is 7.29. The second kappa shape index (κ2) is 9.25. The van der Waals surface area contributed by atoms with Crippen LogP contribution in [0.2, 0.25) is 0 Å². The summed E-state index contributed by atoms with van der Waals surface area (Å²) < 4.78 is 40.8. The number of alkyl halides is 3. The van der Waals surface area contributed by atoms with Gasteiger partial charge in [-0.3, -0.25) is 4.90 Å². The Morgan fingerprint density at radius 1 is 0.939 bits per heavy atom. The predicted octanol–water partition coefficient (Wildman–Crippen LogP) is 5.40. The van der Waals surface area contributed by atoms with Crippen LogP contribution in [-0.4, -0.2) is 60.3 Å². The van der Waals surface area contributed by atoms with E-state index in [1.807, 2.05) is 12.1 Å². The first-order valence-corrected chi connectivity index (χ1v) is 12.8. The second-order valence-corrected chi connectivity index (χ2v) is 10.7. The number of nitrogens with zero attached hydrogens (tertiary/aromatic N) is 2. The van der Waals surface area contributed by atoms with E-state index < -0.39 is 11.7 Å². The smallest absolute Gasteiger partial charge is 0.396 e. The molecule has 3 aliphatic rings. The van der Waals surface area contributed by atoms with Crippen molar-refractivity contribution in [2.24, 2.45) is 0 Å². The van der Waals surface area contributed by atoms with Crippen LogP contribution in [0, 0.1) is 0 Å². The highest BCUT2D eigenvalue weighted by Gasteiger charge is 2.45. The zero-order chi connectivity index (χ0) is 23.1. The molecule has 0 bridgehead atoms. The van der Waals surface area contributed by atoms with Crippen molar-refractivity contribution in [3.63, 3.8) is 0 Å². The molecular weight excluding hydrogens is 445 g/mol. The van der Waals surface area contributed by atoms with Gasteiger partial charge in [0.2, 0.25) is 0 Å². The molecule has 0 amide bonds. The average Bonchev–Trinajstić information content (AvgIpc) is 2.83. The Balaban J connectivity index is 1.38. The average molecular weight is 477 g/mol. The minimum atomic E-state index is -4.33. The van der Waals surface area contributed by atoms with E-state index >= 15 is 0 Å². The number of benzene rings is 2. The van der Waals surface area contributed by atoms with Crippen LogP contribution in [0.15, 0.2) is 52.3 Å². The van der Waals surface area contributed by atoms with Crippen LogP contribution in [0.3, 0.4) is 0 Å². The van der Waals surface area contributed by atoms with Gasteiger partial charge in [-0.05, 0) is 67.5 Å². The molecule has 2 aromatic rings. The van der Waals surface area contributed by atoms with Crippen molar-refractivity contribution < 1.29 is 18.3 Å². The van der Waals surface area contributed by atoms with Crippen LogP contribution in [0.1, 0.15) is 48.8 Å². The number of halogens is 3. The van der Waals surface area contributed by atoms with Gasteiger partial charge in [0.25, 0.3) is 0 Å². The highest BCUT2D eigenvalue weighted by Crippen LogP contribution is 2.56. The van der Waals surface area contributed by atoms with Gasteiger partial charge in [-0.1, -0.05) is 30.0 Å². The summed E-state index contributed by atoms with van der Waals surface area (Å²) in [7, 11) is 0. The van der Waals surface area contributed by atoms with Gasteiger partial charge in [0.15, 0.2) is 0 Å². The highest BCUT2D eigenvalue weighted by atomic mass is 32.2. The van der Waals surface area contributed by atoms with Gasteiger partial charge in [-0.15, -0.1) is 0 Å². The lowest BCUT2D eigenvalue weighted by molar-refractivity contribution is -0.137. The summed E-state index contributed by atoms with van der Waals surface area (Å²) in [4.78, 5) is 7.15. The van der Waals surface area contributed by atoms with Gasteiger partial charge in [-0.2, -0.15) is 13.2 Å². The van der Waals surface area contributed by atoms with Crippen molar-refractivity contribution in [3.05, 3.63) is 59.2 Å². The first kappa shape index (κ1) is 23.2. The fourth-order valence-electron chi connectivity index (χ4n) is 6.03. The molecule has 2 fully saturated rings. The summed E-state index contributed by atoms with van der Waals surface area (Å²) in [5.74, 6) is 0. The molecule has 3 nitrogen and oxygen atoms in total. The number of piperazine rings is 1. The minimum absolute atomic E-state index is 0.238. The molecule has 1 saturated heterocycles. The van der Waals surface area contributed by atoms with Crippen molar-refractivity contribution in [3.8, 4) is 0 Å².